The highest BCUT2D eigenvalue weighted by Crippen LogP contribution is 2.17. The minimum absolute atomic E-state index is 0.118. The Morgan fingerprint density at radius 2 is 2.20 bits per heavy atom. The second kappa shape index (κ2) is 6.21. The lowest BCUT2D eigenvalue weighted by Crippen LogP contribution is -2.26. The fraction of sp³-hybridized carbons (Fsp3) is 0.462. The van der Waals surface area contributed by atoms with Gasteiger partial charge in [-0.2, -0.15) is 10.2 Å². The van der Waals surface area contributed by atoms with Crippen LogP contribution in [0.1, 0.15) is 25.1 Å². The van der Waals surface area contributed by atoms with Gasteiger partial charge in [0.2, 0.25) is 0 Å². The Hall–Kier alpha value is -1.63. The van der Waals surface area contributed by atoms with E-state index in [1.165, 1.54) is 4.68 Å². The SMILES string of the molecule is Cc1[nH]ncc1CNc1cnn(CC(C)C)c(=O)c1Br. The highest BCUT2D eigenvalue weighted by atomic mass is 79.9. The standard InChI is InChI=1S/C13H18BrN5O/c1-8(2)7-19-13(20)12(14)11(6-17-19)15-4-10-5-16-18-9(10)3/h5-6,8,15H,4,7H2,1-3H3,(H,16,18). The molecule has 2 heterocycles. The molecule has 0 radical (unpaired) electrons. The quantitative estimate of drug-likeness (QED) is 0.876. The maximum absolute atomic E-state index is 12.1. The zero-order chi connectivity index (χ0) is 14.7. The van der Waals surface area contributed by atoms with Crippen LogP contribution in [-0.2, 0) is 13.1 Å². The first kappa shape index (κ1) is 14.8. The summed E-state index contributed by atoms with van der Waals surface area (Å²) in [5.74, 6) is 0.375. The number of aromatic amines is 1. The van der Waals surface area contributed by atoms with Crippen molar-refractivity contribution in [2.24, 2.45) is 5.92 Å². The Labute approximate surface area is 125 Å². The normalized spacial score (nSPS) is 11.1. The van der Waals surface area contributed by atoms with Crippen molar-refractivity contribution in [3.05, 3.63) is 38.5 Å². The maximum atomic E-state index is 12.1. The molecule has 6 nitrogen and oxygen atoms in total. The van der Waals surface area contributed by atoms with E-state index in [0.29, 0.717) is 29.2 Å². The number of aromatic nitrogens is 4. The summed E-state index contributed by atoms with van der Waals surface area (Å²) in [7, 11) is 0. The molecule has 0 amide bonds. The highest BCUT2D eigenvalue weighted by molar-refractivity contribution is 9.10. The van der Waals surface area contributed by atoms with Crippen LogP contribution in [0.3, 0.4) is 0 Å². The fourth-order valence-electron chi connectivity index (χ4n) is 1.81. The van der Waals surface area contributed by atoms with Crippen LogP contribution in [0.5, 0.6) is 0 Å². The van der Waals surface area contributed by atoms with Gasteiger partial charge in [-0.1, -0.05) is 13.8 Å². The summed E-state index contributed by atoms with van der Waals surface area (Å²) in [5.41, 5.74) is 2.64. The van der Waals surface area contributed by atoms with Gasteiger partial charge in [-0.05, 0) is 28.8 Å². The van der Waals surface area contributed by atoms with Crippen LogP contribution in [0.15, 0.2) is 21.7 Å². The first-order valence-corrected chi connectivity index (χ1v) is 7.26. The number of H-pyrrole nitrogens is 1. The zero-order valence-electron chi connectivity index (χ0n) is 11.8. The number of anilines is 1. The monoisotopic (exact) mass is 339 g/mol. The van der Waals surface area contributed by atoms with Crippen molar-refractivity contribution in [2.75, 3.05) is 5.32 Å². The van der Waals surface area contributed by atoms with Crippen molar-refractivity contribution in [1.29, 1.82) is 0 Å². The molecule has 0 fully saturated rings. The summed E-state index contributed by atoms with van der Waals surface area (Å²) in [6, 6.07) is 0. The van der Waals surface area contributed by atoms with Crippen molar-refractivity contribution < 1.29 is 0 Å². The second-order valence-corrected chi connectivity index (χ2v) is 5.92. The van der Waals surface area contributed by atoms with Gasteiger partial charge in [0, 0.05) is 24.3 Å². The molecule has 0 bridgehead atoms. The van der Waals surface area contributed by atoms with Crippen LogP contribution in [0.25, 0.3) is 0 Å². The minimum Gasteiger partial charge on any atom is -0.378 e. The Morgan fingerprint density at radius 3 is 2.80 bits per heavy atom. The van der Waals surface area contributed by atoms with Gasteiger partial charge in [0.1, 0.15) is 4.47 Å². The van der Waals surface area contributed by atoms with Gasteiger partial charge in [0.05, 0.1) is 18.1 Å². The maximum Gasteiger partial charge on any atom is 0.283 e. The van der Waals surface area contributed by atoms with Crippen molar-refractivity contribution in [3.8, 4) is 0 Å². The van der Waals surface area contributed by atoms with Crippen LogP contribution in [0, 0.1) is 12.8 Å². The Balaban J connectivity index is 2.15. The lowest BCUT2D eigenvalue weighted by atomic mass is 10.2. The van der Waals surface area contributed by atoms with Gasteiger partial charge in [-0.3, -0.25) is 9.89 Å². The van der Waals surface area contributed by atoms with E-state index in [1.807, 2.05) is 6.92 Å². The van der Waals surface area contributed by atoms with Gasteiger partial charge in [-0.25, -0.2) is 4.68 Å². The van der Waals surface area contributed by atoms with Crippen LogP contribution >= 0.6 is 15.9 Å². The average Bonchev–Trinajstić information content (AvgIpc) is 2.79. The third kappa shape index (κ3) is 3.27. The first-order chi connectivity index (χ1) is 9.49. The van der Waals surface area contributed by atoms with E-state index in [1.54, 1.807) is 12.4 Å². The molecule has 2 N–H and O–H groups in total. The van der Waals surface area contributed by atoms with Crippen molar-refractivity contribution >= 4 is 21.6 Å². The van der Waals surface area contributed by atoms with E-state index in [0.717, 1.165) is 11.3 Å². The number of halogens is 1. The largest absolute Gasteiger partial charge is 0.378 e. The van der Waals surface area contributed by atoms with E-state index >= 15 is 0 Å². The van der Waals surface area contributed by atoms with Crippen molar-refractivity contribution in [2.45, 2.75) is 33.9 Å². The summed E-state index contributed by atoms with van der Waals surface area (Å²) in [4.78, 5) is 12.1. The third-order valence-corrected chi connectivity index (χ3v) is 3.69. The summed E-state index contributed by atoms with van der Waals surface area (Å²) in [6.07, 6.45) is 3.44. The molecule has 7 heteroatoms. The number of hydrogen-bond donors (Lipinski definition) is 2. The number of hydrogen-bond acceptors (Lipinski definition) is 4. The highest BCUT2D eigenvalue weighted by Gasteiger charge is 2.10. The average molecular weight is 340 g/mol. The van der Waals surface area contributed by atoms with Crippen molar-refractivity contribution in [1.82, 2.24) is 20.0 Å². The van der Waals surface area contributed by atoms with E-state index in [-0.39, 0.29) is 5.56 Å². The molecule has 20 heavy (non-hydrogen) atoms. The van der Waals surface area contributed by atoms with Crippen LogP contribution in [0.2, 0.25) is 0 Å². The topological polar surface area (TPSA) is 75.6 Å². The lowest BCUT2D eigenvalue weighted by molar-refractivity contribution is 0.462. The molecule has 0 spiro atoms. The molecule has 0 aromatic carbocycles. The molecule has 108 valence electrons. The van der Waals surface area contributed by atoms with Crippen LogP contribution in [0.4, 0.5) is 5.69 Å². The lowest BCUT2D eigenvalue weighted by Gasteiger charge is -2.11. The zero-order valence-corrected chi connectivity index (χ0v) is 13.4. The van der Waals surface area contributed by atoms with Gasteiger partial charge in [0.15, 0.2) is 0 Å². The van der Waals surface area contributed by atoms with E-state index in [2.05, 4.69) is 50.4 Å². The molecular weight excluding hydrogens is 322 g/mol. The molecule has 0 saturated heterocycles. The predicted octanol–water partition coefficient (Wildman–Crippen LogP) is 2.31. The second-order valence-electron chi connectivity index (χ2n) is 5.13. The smallest absolute Gasteiger partial charge is 0.283 e. The molecule has 2 aromatic rings. The van der Waals surface area contributed by atoms with E-state index in [9.17, 15) is 4.79 Å². The number of nitrogens with one attached hydrogen (secondary N) is 2. The Bertz CT molecular complexity index is 646. The van der Waals surface area contributed by atoms with Gasteiger partial charge in [0.25, 0.3) is 5.56 Å². The van der Waals surface area contributed by atoms with E-state index in [4.69, 9.17) is 0 Å². The van der Waals surface area contributed by atoms with Gasteiger partial charge < -0.3 is 5.32 Å². The van der Waals surface area contributed by atoms with Gasteiger partial charge >= 0.3 is 0 Å². The predicted molar refractivity (Wildman–Crippen MR) is 81.7 cm³/mol. The number of rotatable bonds is 5. The number of aryl methyl sites for hydroxylation is 1. The molecule has 0 saturated carbocycles. The summed E-state index contributed by atoms with van der Waals surface area (Å²) in [5, 5.41) is 14.2. The Morgan fingerprint density at radius 1 is 1.45 bits per heavy atom. The summed E-state index contributed by atoms with van der Waals surface area (Å²) in [6.45, 7) is 7.26. The first-order valence-electron chi connectivity index (χ1n) is 6.47. The molecule has 2 rings (SSSR count). The van der Waals surface area contributed by atoms with Crippen LogP contribution < -0.4 is 10.9 Å². The van der Waals surface area contributed by atoms with Crippen molar-refractivity contribution in [3.63, 3.8) is 0 Å². The van der Waals surface area contributed by atoms with Crippen LogP contribution in [-0.4, -0.2) is 20.0 Å². The number of nitrogens with zero attached hydrogens (tertiary/aromatic N) is 3. The molecular formula is C13H18BrN5O. The third-order valence-electron chi connectivity index (χ3n) is 2.93. The fourth-order valence-corrected chi connectivity index (χ4v) is 2.26. The minimum atomic E-state index is -0.118. The molecule has 2 aromatic heterocycles. The molecule has 0 aliphatic rings. The summed E-state index contributed by atoms with van der Waals surface area (Å²) >= 11 is 3.34. The molecule has 0 aliphatic heterocycles. The van der Waals surface area contributed by atoms with Gasteiger partial charge in [-0.15, -0.1) is 0 Å². The Kier molecular flexibility index (Phi) is 4.59. The molecule has 0 unspecified atom stereocenters. The van der Waals surface area contributed by atoms with E-state index < -0.39 is 0 Å². The molecule has 0 atom stereocenters. The summed E-state index contributed by atoms with van der Waals surface area (Å²) < 4.78 is 1.98. The molecule has 0 aliphatic carbocycles.